The quantitative estimate of drug-likeness (QED) is 0.502. The number of nitrogen functional groups attached to an aromatic ring is 1. The van der Waals surface area contributed by atoms with E-state index in [0.29, 0.717) is 10.7 Å². The number of nitrogens with two attached hydrogens (primary N) is 1. The molecular formula is C12H9ClN2O2. The molecule has 0 saturated heterocycles. The molecule has 0 spiro atoms. The highest BCUT2D eigenvalue weighted by molar-refractivity contribution is 6.33. The summed E-state index contributed by atoms with van der Waals surface area (Å²) in [4.78, 5) is 10.1. The summed E-state index contributed by atoms with van der Waals surface area (Å²) in [5.41, 5.74) is 7.85. The zero-order valence-electron chi connectivity index (χ0n) is 8.76. The first-order valence-corrected chi connectivity index (χ1v) is 5.25. The minimum absolute atomic E-state index is 0.0193. The maximum Gasteiger partial charge on any atom is 0.270 e. The predicted octanol–water partition coefficient (Wildman–Crippen LogP) is 3.50. The fraction of sp³-hybridized carbons (Fsp3) is 0. The number of nitro groups is 1. The molecule has 5 heteroatoms. The van der Waals surface area contributed by atoms with Crippen LogP contribution in [-0.2, 0) is 0 Å². The molecule has 0 radical (unpaired) electrons. The molecular weight excluding hydrogens is 240 g/mol. The van der Waals surface area contributed by atoms with Gasteiger partial charge in [-0.15, -0.1) is 0 Å². The Hall–Kier alpha value is -2.07. The molecule has 86 valence electrons. The Bertz CT molecular complexity index is 567. The van der Waals surface area contributed by atoms with Crippen molar-refractivity contribution in [3.63, 3.8) is 0 Å². The molecule has 2 rings (SSSR count). The largest absolute Gasteiger partial charge is 0.399 e. The van der Waals surface area contributed by atoms with Gasteiger partial charge in [0.2, 0.25) is 0 Å². The zero-order valence-corrected chi connectivity index (χ0v) is 9.52. The van der Waals surface area contributed by atoms with Crippen LogP contribution in [-0.4, -0.2) is 4.92 Å². The van der Waals surface area contributed by atoms with Crippen LogP contribution in [0.25, 0.3) is 11.1 Å². The molecule has 0 atom stereocenters. The van der Waals surface area contributed by atoms with Gasteiger partial charge >= 0.3 is 0 Å². The maximum atomic E-state index is 10.6. The third kappa shape index (κ3) is 2.37. The van der Waals surface area contributed by atoms with Gasteiger partial charge in [0.25, 0.3) is 5.69 Å². The molecule has 0 unspecified atom stereocenters. The van der Waals surface area contributed by atoms with Gasteiger partial charge in [-0.1, -0.05) is 23.7 Å². The smallest absolute Gasteiger partial charge is 0.270 e. The summed E-state index contributed by atoms with van der Waals surface area (Å²) >= 11 is 6.01. The molecule has 2 aromatic carbocycles. The number of rotatable bonds is 2. The van der Waals surface area contributed by atoms with Gasteiger partial charge in [-0.05, 0) is 23.8 Å². The number of nitro benzene ring substituents is 1. The second-order valence-corrected chi connectivity index (χ2v) is 3.95. The lowest BCUT2D eigenvalue weighted by Crippen LogP contribution is -1.89. The van der Waals surface area contributed by atoms with Crippen LogP contribution in [0.4, 0.5) is 11.4 Å². The number of hydrogen-bond donors (Lipinski definition) is 1. The van der Waals surface area contributed by atoms with E-state index in [9.17, 15) is 10.1 Å². The van der Waals surface area contributed by atoms with Crippen molar-refractivity contribution < 1.29 is 4.92 Å². The second kappa shape index (κ2) is 4.43. The molecule has 0 fully saturated rings. The third-order valence-corrected chi connectivity index (χ3v) is 2.70. The van der Waals surface area contributed by atoms with Gasteiger partial charge in [0, 0.05) is 23.4 Å². The highest BCUT2D eigenvalue weighted by Crippen LogP contribution is 2.31. The van der Waals surface area contributed by atoms with Crippen LogP contribution in [0.3, 0.4) is 0 Å². The Kier molecular flexibility index (Phi) is 2.97. The van der Waals surface area contributed by atoms with Crippen molar-refractivity contribution in [2.24, 2.45) is 0 Å². The van der Waals surface area contributed by atoms with Crippen molar-refractivity contribution in [3.8, 4) is 11.1 Å². The summed E-state index contributed by atoms with van der Waals surface area (Å²) in [7, 11) is 0. The number of nitrogens with zero attached hydrogens (tertiary/aromatic N) is 1. The molecule has 4 nitrogen and oxygen atoms in total. The SMILES string of the molecule is Nc1ccc(-c2ccc([N+](=O)[O-])cc2Cl)cc1. The molecule has 0 aliphatic rings. The Morgan fingerprint density at radius 2 is 1.76 bits per heavy atom. The number of anilines is 1. The maximum absolute atomic E-state index is 10.6. The number of halogens is 1. The minimum atomic E-state index is -0.474. The Morgan fingerprint density at radius 3 is 2.29 bits per heavy atom. The van der Waals surface area contributed by atoms with E-state index in [4.69, 9.17) is 17.3 Å². The molecule has 17 heavy (non-hydrogen) atoms. The van der Waals surface area contributed by atoms with Crippen molar-refractivity contribution in [3.05, 3.63) is 57.6 Å². The molecule has 0 aliphatic heterocycles. The van der Waals surface area contributed by atoms with E-state index in [1.165, 1.54) is 12.1 Å². The predicted molar refractivity (Wildman–Crippen MR) is 68.0 cm³/mol. The van der Waals surface area contributed by atoms with E-state index in [-0.39, 0.29) is 5.69 Å². The van der Waals surface area contributed by atoms with Crippen molar-refractivity contribution in [1.82, 2.24) is 0 Å². The molecule has 0 heterocycles. The standard InChI is InChI=1S/C12H9ClN2O2/c13-12-7-10(15(16)17)5-6-11(12)8-1-3-9(14)4-2-8/h1-7H,14H2. The van der Waals surface area contributed by atoms with E-state index in [0.717, 1.165) is 11.1 Å². The number of non-ortho nitro benzene ring substituents is 1. The normalized spacial score (nSPS) is 10.2. The average Bonchev–Trinajstić information content (AvgIpc) is 2.30. The number of benzene rings is 2. The molecule has 0 aromatic heterocycles. The van der Waals surface area contributed by atoms with Crippen LogP contribution in [0.5, 0.6) is 0 Å². The Morgan fingerprint density at radius 1 is 1.12 bits per heavy atom. The molecule has 2 N–H and O–H groups in total. The first kappa shape index (κ1) is 11.4. The van der Waals surface area contributed by atoms with Crippen molar-refractivity contribution >= 4 is 23.0 Å². The summed E-state index contributed by atoms with van der Waals surface area (Å²) in [5, 5.41) is 10.9. The molecule has 0 bridgehead atoms. The highest BCUT2D eigenvalue weighted by Gasteiger charge is 2.10. The highest BCUT2D eigenvalue weighted by atomic mass is 35.5. The van der Waals surface area contributed by atoms with Gasteiger partial charge in [0.15, 0.2) is 0 Å². The van der Waals surface area contributed by atoms with Gasteiger partial charge in [-0.2, -0.15) is 0 Å². The third-order valence-electron chi connectivity index (χ3n) is 2.39. The van der Waals surface area contributed by atoms with E-state index >= 15 is 0 Å². The Labute approximate surface area is 103 Å². The molecule has 0 amide bonds. The fourth-order valence-corrected chi connectivity index (χ4v) is 1.80. The van der Waals surface area contributed by atoms with Crippen LogP contribution >= 0.6 is 11.6 Å². The van der Waals surface area contributed by atoms with Crippen molar-refractivity contribution in [2.75, 3.05) is 5.73 Å². The fourth-order valence-electron chi connectivity index (χ4n) is 1.51. The van der Waals surface area contributed by atoms with Crippen LogP contribution in [0.2, 0.25) is 5.02 Å². The molecule has 2 aromatic rings. The first-order chi connectivity index (χ1) is 8.08. The molecule has 0 saturated carbocycles. The van der Waals surface area contributed by atoms with Crippen molar-refractivity contribution in [1.29, 1.82) is 0 Å². The lowest BCUT2D eigenvalue weighted by molar-refractivity contribution is -0.384. The lowest BCUT2D eigenvalue weighted by Gasteiger charge is -2.04. The number of hydrogen-bond acceptors (Lipinski definition) is 3. The monoisotopic (exact) mass is 248 g/mol. The van der Waals surface area contributed by atoms with Gasteiger partial charge in [0.1, 0.15) is 0 Å². The second-order valence-electron chi connectivity index (χ2n) is 3.54. The summed E-state index contributed by atoms with van der Waals surface area (Å²) in [6.07, 6.45) is 0. The van der Waals surface area contributed by atoms with Gasteiger partial charge < -0.3 is 5.73 Å². The van der Waals surface area contributed by atoms with Crippen LogP contribution in [0, 0.1) is 10.1 Å². The van der Waals surface area contributed by atoms with Gasteiger partial charge in [-0.3, -0.25) is 10.1 Å². The average molecular weight is 249 g/mol. The van der Waals surface area contributed by atoms with Gasteiger partial charge in [-0.25, -0.2) is 0 Å². The minimum Gasteiger partial charge on any atom is -0.399 e. The van der Waals surface area contributed by atoms with Gasteiger partial charge in [0.05, 0.1) is 9.95 Å². The van der Waals surface area contributed by atoms with E-state index in [1.807, 2.05) is 12.1 Å². The van der Waals surface area contributed by atoms with Crippen LogP contribution in [0.15, 0.2) is 42.5 Å². The molecule has 0 aliphatic carbocycles. The Balaban J connectivity index is 2.46. The van der Waals surface area contributed by atoms with E-state index < -0.39 is 4.92 Å². The van der Waals surface area contributed by atoms with E-state index in [2.05, 4.69) is 0 Å². The topological polar surface area (TPSA) is 69.2 Å². The van der Waals surface area contributed by atoms with Crippen LogP contribution < -0.4 is 5.73 Å². The van der Waals surface area contributed by atoms with E-state index in [1.54, 1.807) is 18.2 Å². The van der Waals surface area contributed by atoms with Crippen LogP contribution in [0.1, 0.15) is 0 Å². The van der Waals surface area contributed by atoms with Crippen molar-refractivity contribution in [2.45, 2.75) is 0 Å². The lowest BCUT2D eigenvalue weighted by atomic mass is 10.1. The summed E-state index contributed by atoms with van der Waals surface area (Å²) in [6.45, 7) is 0. The summed E-state index contributed by atoms with van der Waals surface area (Å²) in [6, 6.07) is 11.6. The first-order valence-electron chi connectivity index (χ1n) is 4.88. The summed E-state index contributed by atoms with van der Waals surface area (Å²) in [5.74, 6) is 0. The zero-order chi connectivity index (χ0) is 12.4. The summed E-state index contributed by atoms with van der Waals surface area (Å²) < 4.78 is 0.